The molecule has 2 aromatic carbocycles. The summed E-state index contributed by atoms with van der Waals surface area (Å²) in [5, 5.41) is -0.217. The lowest BCUT2D eigenvalue weighted by atomic mass is 10.2. The number of amides is 2. The van der Waals surface area contributed by atoms with Crippen LogP contribution in [0, 0.1) is 5.82 Å². The topological polar surface area (TPSA) is 95.6 Å². The van der Waals surface area contributed by atoms with Gasteiger partial charge in [-0.15, -0.1) is 0 Å². The predicted octanol–water partition coefficient (Wildman–Crippen LogP) is 3.36. The summed E-state index contributed by atoms with van der Waals surface area (Å²) in [5.74, 6) is -1.98. The van der Waals surface area contributed by atoms with Crippen molar-refractivity contribution in [3.8, 4) is 0 Å². The van der Waals surface area contributed by atoms with Gasteiger partial charge in [0.05, 0.1) is 9.92 Å². The zero-order valence-electron chi connectivity index (χ0n) is 16.6. The van der Waals surface area contributed by atoms with Crippen molar-refractivity contribution in [3.05, 3.63) is 64.4 Å². The Morgan fingerprint density at radius 2 is 1.43 bits per heavy atom. The first-order chi connectivity index (χ1) is 14.2. The summed E-state index contributed by atoms with van der Waals surface area (Å²) < 4.78 is 40.1. The SMILES string of the molecule is CCCN(CCC)S(=O)(=O)c1ccc(C(=O)NNC(=O)c2ccc(F)c(Cl)c2)cc1. The van der Waals surface area contributed by atoms with Crippen molar-refractivity contribution >= 4 is 33.4 Å². The van der Waals surface area contributed by atoms with Crippen LogP contribution >= 0.6 is 11.6 Å². The van der Waals surface area contributed by atoms with Crippen LogP contribution in [0.1, 0.15) is 47.4 Å². The van der Waals surface area contributed by atoms with Crippen molar-refractivity contribution in [2.45, 2.75) is 31.6 Å². The molecule has 2 aromatic rings. The summed E-state index contributed by atoms with van der Waals surface area (Å²) in [6.45, 7) is 4.63. The maximum atomic E-state index is 13.2. The second-order valence-corrected chi connectivity index (χ2v) is 8.81. The number of benzene rings is 2. The minimum atomic E-state index is -3.65. The normalized spacial score (nSPS) is 11.4. The number of sulfonamides is 1. The fourth-order valence-electron chi connectivity index (χ4n) is 2.67. The Hall–Kier alpha value is -2.49. The minimum Gasteiger partial charge on any atom is -0.267 e. The lowest BCUT2D eigenvalue weighted by Crippen LogP contribution is -2.41. The smallest absolute Gasteiger partial charge is 0.267 e. The average Bonchev–Trinajstić information content (AvgIpc) is 2.73. The van der Waals surface area contributed by atoms with Crippen LogP contribution in [-0.2, 0) is 10.0 Å². The molecule has 162 valence electrons. The third-order valence-corrected chi connectivity index (χ3v) is 6.37. The fourth-order valence-corrected chi connectivity index (χ4v) is 4.48. The van der Waals surface area contributed by atoms with E-state index in [2.05, 4.69) is 10.9 Å². The average molecular weight is 456 g/mol. The summed E-state index contributed by atoms with van der Waals surface area (Å²) in [4.78, 5) is 24.4. The maximum Gasteiger partial charge on any atom is 0.269 e. The van der Waals surface area contributed by atoms with Gasteiger partial charge in [-0.2, -0.15) is 4.31 Å². The van der Waals surface area contributed by atoms with E-state index in [1.165, 1.54) is 34.6 Å². The molecular weight excluding hydrogens is 433 g/mol. The van der Waals surface area contributed by atoms with Crippen LogP contribution < -0.4 is 10.9 Å². The first kappa shape index (κ1) is 23.8. The van der Waals surface area contributed by atoms with E-state index >= 15 is 0 Å². The van der Waals surface area contributed by atoms with E-state index in [0.717, 1.165) is 12.1 Å². The molecule has 2 N–H and O–H groups in total. The number of hydrazine groups is 1. The van der Waals surface area contributed by atoms with Crippen LogP contribution in [0.15, 0.2) is 47.4 Å². The standard InChI is InChI=1S/C20H23ClFN3O4S/c1-3-11-25(12-4-2)30(28,29)16-8-5-14(6-9-16)19(26)23-24-20(27)15-7-10-18(22)17(21)13-15/h5-10,13H,3-4,11-12H2,1-2H3,(H,23,26)(H,24,27). The zero-order chi connectivity index (χ0) is 22.3. The van der Waals surface area contributed by atoms with Gasteiger partial charge >= 0.3 is 0 Å². The third kappa shape index (κ3) is 5.78. The molecule has 2 rings (SSSR count). The molecule has 0 radical (unpaired) electrons. The number of nitrogens with zero attached hydrogens (tertiary/aromatic N) is 1. The quantitative estimate of drug-likeness (QED) is 0.596. The number of carbonyl (C=O) groups excluding carboxylic acids is 2. The monoisotopic (exact) mass is 455 g/mol. The molecule has 0 saturated carbocycles. The van der Waals surface area contributed by atoms with Crippen LogP contribution in [0.4, 0.5) is 4.39 Å². The number of carbonyl (C=O) groups is 2. The van der Waals surface area contributed by atoms with Crippen molar-refractivity contribution in [2.75, 3.05) is 13.1 Å². The van der Waals surface area contributed by atoms with Gasteiger partial charge in [-0.3, -0.25) is 20.4 Å². The number of hydrogen-bond acceptors (Lipinski definition) is 4. The molecule has 0 saturated heterocycles. The Bertz CT molecular complexity index is 1010. The molecule has 30 heavy (non-hydrogen) atoms. The lowest BCUT2D eigenvalue weighted by Gasteiger charge is -2.21. The minimum absolute atomic E-state index is 0.0649. The molecule has 0 heterocycles. The summed E-state index contributed by atoms with van der Waals surface area (Å²) in [7, 11) is -3.65. The number of hydrogen-bond donors (Lipinski definition) is 2. The highest BCUT2D eigenvalue weighted by Crippen LogP contribution is 2.18. The Morgan fingerprint density at radius 1 is 0.933 bits per heavy atom. The van der Waals surface area contributed by atoms with E-state index in [0.29, 0.717) is 25.9 Å². The van der Waals surface area contributed by atoms with Crippen LogP contribution in [0.2, 0.25) is 5.02 Å². The first-order valence-corrected chi connectivity index (χ1v) is 11.2. The van der Waals surface area contributed by atoms with E-state index in [9.17, 15) is 22.4 Å². The number of rotatable bonds is 8. The molecule has 0 spiro atoms. The summed E-state index contributed by atoms with van der Waals surface area (Å²) >= 11 is 5.63. The van der Waals surface area contributed by atoms with Crippen molar-refractivity contribution < 1.29 is 22.4 Å². The van der Waals surface area contributed by atoms with Crippen molar-refractivity contribution in [3.63, 3.8) is 0 Å². The fraction of sp³-hybridized carbons (Fsp3) is 0.300. The Kier molecular flexibility index (Phi) is 8.33. The summed E-state index contributed by atoms with van der Waals surface area (Å²) in [6, 6.07) is 8.82. The molecule has 0 fully saturated rings. The van der Waals surface area contributed by atoms with E-state index < -0.39 is 27.7 Å². The molecule has 0 atom stereocenters. The summed E-state index contributed by atoms with van der Waals surface area (Å²) in [6.07, 6.45) is 1.39. The van der Waals surface area contributed by atoms with Crippen molar-refractivity contribution in [1.82, 2.24) is 15.2 Å². The van der Waals surface area contributed by atoms with Gasteiger partial charge in [0.15, 0.2) is 0 Å². The molecule has 0 bridgehead atoms. The lowest BCUT2D eigenvalue weighted by molar-refractivity contribution is 0.0846. The van der Waals surface area contributed by atoms with E-state index in [-0.39, 0.29) is 21.0 Å². The van der Waals surface area contributed by atoms with E-state index in [1.807, 2.05) is 13.8 Å². The number of nitrogens with one attached hydrogen (secondary N) is 2. The molecule has 7 nitrogen and oxygen atoms in total. The maximum absolute atomic E-state index is 13.2. The first-order valence-electron chi connectivity index (χ1n) is 9.36. The van der Waals surface area contributed by atoms with Gasteiger partial charge in [-0.25, -0.2) is 12.8 Å². The second kappa shape index (κ2) is 10.5. The van der Waals surface area contributed by atoms with Gasteiger partial charge in [-0.05, 0) is 55.3 Å². The van der Waals surface area contributed by atoms with Crippen molar-refractivity contribution in [2.24, 2.45) is 0 Å². The highest BCUT2D eigenvalue weighted by molar-refractivity contribution is 7.89. The van der Waals surface area contributed by atoms with Crippen LogP contribution in [0.25, 0.3) is 0 Å². The molecule has 0 aliphatic rings. The molecule has 10 heteroatoms. The van der Waals surface area contributed by atoms with Gasteiger partial charge < -0.3 is 0 Å². The largest absolute Gasteiger partial charge is 0.269 e. The van der Waals surface area contributed by atoms with Gasteiger partial charge in [-0.1, -0.05) is 25.4 Å². The van der Waals surface area contributed by atoms with Crippen LogP contribution in [0.3, 0.4) is 0 Å². The number of halogens is 2. The van der Waals surface area contributed by atoms with Gasteiger partial charge in [0.2, 0.25) is 10.0 Å². The molecule has 2 amide bonds. The molecule has 0 aliphatic heterocycles. The van der Waals surface area contributed by atoms with Gasteiger partial charge in [0.1, 0.15) is 5.82 Å². The van der Waals surface area contributed by atoms with E-state index in [1.54, 1.807) is 0 Å². The second-order valence-electron chi connectivity index (χ2n) is 6.47. The Morgan fingerprint density at radius 3 is 1.93 bits per heavy atom. The van der Waals surface area contributed by atoms with E-state index in [4.69, 9.17) is 11.6 Å². The summed E-state index contributed by atoms with van der Waals surface area (Å²) in [5.41, 5.74) is 4.63. The molecule has 0 unspecified atom stereocenters. The van der Waals surface area contributed by atoms with Crippen LogP contribution in [-0.4, -0.2) is 37.6 Å². The zero-order valence-corrected chi connectivity index (χ0v) is 18.2. The highest BCUT2D eigenvalue weighted by Gasteiger charge is 2.23. The molecule has 0 aliphatic carbocycles. The highest BCUT2D eigenvalue weighted by atomic mass is 35.5. The van der Waals surface area contributed by atoms with Gasteiger partial charge in [0.25, 0.3) is 11.8 Å². The molecule has 0 aromatic heterocycles. The Labute approximate surface area is 180 Å². The Balaban J connectivity index is 2.05. The third-order valence-electron chi connectivity index (χ3n) is 4.17. The van der Waals surface area contributed by atoms with Crippen LogP contribution in [0.5, 0.6) is 0 Å². The van der Waals surface area contributed by atoms with Gasteiger partial charge in [0, 0.05) is 24.2 Å². The van der Waals surface area contributed by atoms with Crippen molar-refractivity contribution in [1.29, 1.82) is 0 Å². The predicted molar refractivity (Wildman–Crippen MR) is 112 cm³/mol. The molecular formula is C20H23ClFN3O4S.